The number of hydrogen-bond donors (Lipinski definition) is 2. The largest absolute Gasteiger partial charge is 0.352 e. The molecule has 2 fully saturated rings. The summed E-state index contributed by atoms with van der Waals surface area (Å²) in [7, 11) is 0. The molecule has 2 unspecified atom stereocenters. The molecule has 116 valence electrons. The van der Waals surface area contributed by atoms with Crippen molar-refractivity contribution in [2.45, 2.75) is 82.8 Å². The van der Waals surface area contributed by atoms with Crippen molar-refractivity contribution < 1.29 is 4.79 Å². The van der Waals surface area contributed by atoms with Gasteiger partial charge in [0.15, 0.2) is 0 Å². The van der Waals surface area contributed by atoms with E-state index < -0.39 is 0 Å². The van der Waals surface area contributed by atoms with E-state index in [1.54, 1.807) is 0 Å². The first-order chi connectivity index (χ1) is 9.72. The molecule has 20 heavy (non-hydrogen) atoms. The van der Waals surface area contributed by atoms with E-state index in [1.165, 1.54) is 38.5 Å². The summed E-state index contributed by atoms with van der Waals surface area (Å²) in [5, 5.41) is 3.27. The van der Waals surface area contributed by atoms with Gasteiger partial charge >= 0.3 is 0 Å². The zero-order valence-corrected chi connectivity index (χ0v) is 12.9. The highest BCUT2D eigenvalue weighted by atomic mass is 16.2. The van der Waals surface area contributed by atoms with Crippen molar-refractivity contribution in [1.29, 1.82) is 0 Å². The number of piperidine rings is 1. The van der Waals surface area contributed by atoms with Gasteiger partial charge in [-0.05, 0) is 52.1 Å². The van der Waals surface area contributed by atoms with E-state index in [0.29, 0.717) is 12.1 Å². The molecule has 2 rings (SSSR count). The predicted octanol–water partition coefficient (Wildman–Crippen LogP) is 2.03. The van der Waals surface area contributed by atoms with E-state index in [-0.39, 0.29) is 11.9 Å². The number of nitrogens with two attached hydrogens (primary N) is 1. The van der Waals surface area contributed by atoms with Gasteiger partial charge < -0.3 is 11.1 Å². The Bertz CT molecular complexity index is 300. The molecule has 0 radical (unpaired) electrons. The van der Waals surface area contributed by atoms with Gasteiger partial charge in [0.25, 0.3) is 0 Å². The van der Waals surface area contributed by atoms with Gasteiger partial charge in [0.2, 0.25) is 5.91 Å². The molecule has 0 aromatic rings. The minimum atomic E-state index is -0.00576. The average molecular weight is 281 g/mol. The van der Waals surface area contributed by atoms with Crippen LogP contribution in [0.25, 0.3) is 0 Å². The summed E-state index contributed by atoms with van der Waals surface area (Å²) in [5.74, 6) is 0.223. The summed E-state index contributed by atoms with van der Waals surface area (Å²) < 4.78 is 0. The monoisotopic (exact) mass is 281 g/mol. The fourth-order valence-corrected chi connectivity index (χ4v) is 3.75. The molecule has 3 N–H and O–H groups in total. The van der Waals surface area contributed by atoms with Gasteiger partial charge in [-0.2, -0.15) is 0 Å². The lowest BCUT2D eigenvalue weighted by molar-refractivity contribution is -0.128. The summed E-state index contributed by atoms with van der Waals surface area (Å²) in [5.41, 5.74) is 5.72. The number of nitrogens with one attached hydrogen (secondary N) is 1. The molecular formula is C16H31N3O. The highest BCUT2D eigenvalue weighted by Crippen LogP contribution is 2.22. The highest BCUT2D eigenvalue weighted by molar-refractivity contribution is 5.81. The van der Waals surface area contributed by atoms with Gasteiger partial charge in [-0.25, -0.2) is 0 Å². The average Bonchev–Trinajstić information content (AvgIpc) is 2.48. The lowest BCUT2D eigenvalue weighted by atomic mass is 9.94. The molecule has 1 aliphatic carbocycles. The molecule has 2 atom stereocenters. The Hall–Kier alpha value is -0.610. The first kappa shape index (κ1) is 15.8. The van der Waals surface area contributed by atoms with Crippen LogP contribution in [0.5, 0.6) is 0 Å². The third-order valence-electron chi connectivity index (χ3n) is 5.00. The summed E-state index contributed by atoms with van der Waals surface area (Å²) in [6, 6.07) is 0.908. The number of likely N-dealkylation sites (tertiary alicyclic amines) is 1. The summed E-state index contributed by atoms with van der Waals surface area (Å²) >= 11 is 0. The van der Waals surface area contributed by atoms with Crippen molar-refractivity contribution >= 4 is 5.91 Å². The molecule has 4 heteroatoms. The van der Waals surface area contributed by atoms with Crippen molar-refractivity contribution in [3.63, 3.8) is 0 Å². The fraction of sp³-hybridized carbons (Fsp3) is 0.938. The Morgan fingerprint density at radius 3 is 2.60 bits per heavy atom. The number of nitrogens with zero attached hydrogens (tertiary/aromatic N) is 1. The van der Waals surface area contributed by atoms with E-state index in [0.717, 1.165) is 32.4 Å². The Labute approximate surface area is 123 Å². The maximum atomic E-state index is 12.5. The second-order valence-electron chi connectivity index (χ2n) is 6.48. The number of amides is 1. The summed E-state index contributed by atoms with van der Waals surface area (Å²) in [6.45, 7) is 3.83. The van der Waals surface area contributed by atoms with Crippen LogP contribution in [0, 0.1) is 0 Å². The molecule has 0 bridgehead atoms. The van der Waals surface area contributed by atoms with Gasteiger partial charge in [-0.15, -0.1) is 0 Å². The number of hydrogen-bond acceptors (Lipinski definition) is 3. The molecule has 1 saturated carbocycles. The normalized spacial score (nSPS) is 27.2. The molecule has 2 aliphatic rings. The SMILES string of the molecule is CC(C(=O)NC1CCCCC1)N1CCCCC1CCN. The molecular weight excluding hydrogens is 250 g/mol. The van der Waals surface area contributed by atoms with E-state index in [9.17, 15) is 4.79 Å². The van der Waals surface area contributed by atoms with Crippen LogP contribution in [0.3, 0.4) is 0 Å². The van der Waals surface area contributed by atoms with Gasteiger partial charge in [0, 0.05) is 12.1 Å². The Kier molecular flexibility index (Phi) is 6.30. The molecule has 0 aromatic heterocycles. The minimum Gasteiger partial charge on any atom is -0.352 e. The zero-order valence-electron chi connectivity index (χ0n) is 12.9. The van der Waals surface area contributed by atoms with Gasteiger partial charge in [-0.1, -0.05) is 25.7 Å². The maximum Gasteiger partial charge on any atom is 0.237 e. The van der Waals surface area contributed by atoms with Crippen molar-refractivity contribution in [2.24, 2.45) is 5.73 Å². The van der Waals surface area contributed by atoms with Crippen molar-refractivity contribution in [2.75, 3.05) is 13.1 Å². The highest BCUT2D eigenvalue weighted by Gasteiger charge is 2.30. The molecule has 0 spiro atoms. The topological polar surface area (TPSA) is 58.4 Å². The van der Waals surface area contributed by atoms with Crippen LogP contribution >= 0.6 is 0 Å². The number of carbonyl (C=O) groups excluding carboxylic acids is 1. The number of rotatable bonds is 5. The minimum absolute atomic E-state index is 0.00576. The first-order valence-corrected chi connectivity index (χ1v) is 8.48. The number of carbonyl (C=O) groups is 1. The summed E-state index contributed by atoms with van der Waals surface area (Å²) in [6.07, 6.45) is 10.9. The Balaban J connectivity index is 1.86. The molecule has 4 nitrogen and oxygen atoms in total. The van der Waals surface area contributed by atoms with Crippen LogP contribution in [-0.4, -0.2) is 42.0 Å². The van der Waals surface area contributed by atoms with E-state index in [4.69, 9.17) is 5.73 Å². The summed E-state index contributed by atoms with van der Waals surface area (Å²) in [4.78, 5) is 14.9. The van der Waals surface area contributed by atoms with Crippen LogP contribution in [0.4, 0.5) is 0 Å². The standard InChI is InChI=1S/C16H31N3O/c1-13(16(20)18-14-7-3-2-4-8-14)19-12-6-5-9-15(19)10-11-17/h13-15H,2-12,17H2,1H3,(H,18,20). The molecule has 1 aliphatic heterocycles. The quantitative estimate of drug-likeness (QED) is 0.810. The first-order valence-electron chi connectivity index (χ1n) is 8.48. The van der Waals surface area contributed by atoms with Crippen LogP contribution in [-0.2, 0) is 4.79 Å². The van der Waals surface area contributed by atoms with Gasteiger partial charge in [-0.3, -0.25) is 9.69 Å². The van der Waals surface area contributed by atoms with Crippen LogP contribution < -0.4 is 11.1 Å². The van der Waals surface area contributed by atoms with Crippen LogP contribution in [0.15, 0.2) is 0 Å². The molecule has 1 amide bonds. The lowest BCUT2D eigenvalue weighted by Gasteiger charge is -2.39. The second kappa shape index (κ2) is 7.99. The molecule has 0 aromatic carbocycles. The van der Waals surface area contributed by atoms with Gasteiger partial charge in [0.1, 0.15) is 0 Å². The lowest BCUT2D eigenvalue weighted by Crippen LogP contribution is -2.53. The van der Waals surface area contributed by atoms with E-state index in [1.807, 2.05) is 0 Å². The zero-order chi connectivity index (χ0) is 14.4. The van der Waals surface area contributed by atoms with Crippen LogP contribution in [0.2, 0.25) is 0 Å². The van der Waals surface area contributed by atoms with Gasteiger partial charge in [0.05, 0.1) is 6.04 Å². The third kappa shape index (κ3) is 4.19. The molecule has 1 heterocycles. The third-order valence-corrected chi connectivity index (χ3v) is 5.00. The van der Waals surface area contributed by atoms with Crippen LogP contribution in [0.1, 0.15) is 64.7 Å². The maximum absolute atomic E-state index is 12.5. The Morgan fingerprint density at radius 1 is 1.20 bits per heavy atom. The van der Waals surface area contributed by atoms with Crippen molar-refractivity contribution in [3.05, 3.63) is 0 Å². The second-order valence-corrected chi connectivity index (χ2v) is 6.48. The van der Waals surface area contributed by atoms with E-state index in [2.05, 4.69) is 17.1 Å². The smallest absolute Gasteiger partial charge is 0.237 e. The van der Waals surface area contributed by atoms with Crippen molar-refractivity contribution in [1.82, 2.24) is 10.2 Å². The Morgan fingerprint density at radius 2 is 1.90 bits per heavy atom. The fourth-order valence-electron chi connectivity index (χ4n) is 3.75. The molecule has 1 saturated heterocycles. The van der Waals surface area contributed by atoms with Crippen molar-refractivity contribution in [3.8, 4) is 0 Å². The van der Waals surface area contributed by atoms with E-state index >= 15 is 0 Å². The predicted molar refractivity (Wildman–Crippen MR) is 82.5 cm³/mol.